The van der Waals surface area contributed by atoms with Crippen LogP contribution in [0, 0.1) is 0 Å². The highest BCUT2D eigenvalue weighted by Gasteiger charge is 1.84. The molecule has 0 saturated heterocycles. The topological polar surface area (TPSA) is 26.3 Å². The third-order valence-corrected chi connectivity index (χ3v) is 2.41. The van der Waals surface area contributed by atoms with Crippen molar-refractivity contribution in [1.82, 2.24) is 0 Å². The van der Waals surface area contributed by atoms with Gasteiger partial charge in [-0.05, 0) is 18.1 Å². The monoisotopic (exact) mass is 268 g/mol. The molecule has 0 bridgehead atoms. The third kappa shape index (κ3) is 7.17. The van der Waals surface area contributed by atoms with Gasteiger partial charge in [-0.15, -0.1) is 0 Å². The lowest BCUT2D eigenvalue weighted by atomic mass is 10.1. The Morgan fingerprint density at radius 2 is 1.30 bits per heavy atom. The van der Waals surface area contributed by atoms with Crippen LogP contribution < -0.4 is 0 Å². The highest BCUT2D eigenvalue weighted by Crippen LogP contribution is 2.06. The van der Waals surface area contributed by atoms with Gasteiger partial charge < -0.3 is 4.74 Å². The van der Waals surface area contributed by atoms with E-state index in [9.17, 15) is 4.79 Å². The van der Waals surface area contributed by atoms with Crippen LogP contribution in [-0.4, -0.2) is 12.6 Å². The fourth-order valence-electron chi connectivity index (χ4n) is 1.52. The van der Waals surface area contributed by atoms with Crippen molar-refractivity contribution in [2.45, 2.75) is 13.8 Å². The number of hydrogen-bond donors (Lipinski definition) is 0. The number of benzene rings is 2. The van der Waals surface area contributed by atoms with Gasteiger partial charge in [-0.25, -0.2) is 0 Å². The fourth-order valence-corrected chi connectivity index (χ4v) is 1.52. The summed E-state index contributed by atoms with van der Waals surface area (Å²) in [7, 11) is 0. The Bertz CT molecular complexity index is 474. The molecule has 0 aliphatic heterocycles. The van der Waals surface area contributed by atoms with Crippen LogP contribution in [0.1, 0.15) is 25.0 Å². The standard InChI is InChI=1S/C14H12.C4H8O2/c1-3-7-13(8-4-1)11-12-14-9-5-2-6-10-14;1-3-6-4(2)5/h1-12H;3H2,1-2H3. The van der Waals surface area contributed by atoms with Crippen LogP contribution in [0.4, 0.5) is 0 Å². The smallest absolute Gasteiger partial charge is 0.302 e. The molecule has 0 N–H and O–H groups in total. The SMILES string of the molecule is C(=Cc1ccccc1)c1ccccc1.CCOC(C)=O. The Morgan fingerprint density at radius 3 is 1.55 bits per heavy atom. The Balaban J connectivity index is 0.000000286. The van der Waals surface area contributed by atoms with E-state index >= 15 is 0 Å². The molecule has 0 aliphatic rings. The van der Waals surface area contributed by atoms with Crippen molar-refractivity contribution < 1.29 is 9.53 Å². The lowest BCUT2D eigenvalue weighted by Crippen LogP contribution is -1.95. The highest BCUT2D eigenvalue weighted by molar-refractivity contribution is 5.69. The minimum Gasteiger partial charge on any atom is -0.466 e. The number of hydrogen-bond acceptors (Lipinski definition) is 2. The van der Waals surface area contributed by atoms with E-state index in [1.165, 1.54) is 18.1 Å². The van der Waals surface area contributed by atoms with Crippen molar-refractivity contribution in [3.05, 3.63) is 71.8 Å². The van der Waals surface area contributed by atoms with E-state index in [0.29, 0.717) is 6.61 Å². The van der Waals surface area contributed by atoms with E-state index in [2.05, 4.69) is 41.2 Å². The van der Waals surface area contributed by atoms with Gasteiger partial charge in [0.15, 0.2) is 0 Å². The molecule has 0 heterocycles. The Kier molecular flexibility index (Phi) is 7.51. The summed E-state index contributed by atoms with van der Waals surface area (Å²) in [6.07, 6.45) is 4.24. The maximum atomic E-state index is 9.82. The van der Waals surface area contributed by atoms with Crippen molar-refractivity contribution in [2.75, 3.05) is 6.61 Å². The van der Waals surface area contributed by atoms with Gasteiger partial charge in [0.2, 0.25) is 0 Å². The first-order chi connectivity index (χ1) is 9.72. The quantitative estimate of drug-likeness (QED) is 0.608. The van der Waals surface area contributed by atoms with Crippen molar-refractivity contribution in [3.8, 4) is 0 Å². The molecule has 0 spiro atoms. The maximum Gasteiger partial charge on any atom is 0.302 e. The van der Waals surface area contributed by atoms with Crippen LogP contribution in [0.25, 0.3) is 12.2 Å². The minimum atomic E-state index is -0.211. The molecular formula is C18H20O2. The van der Waals surface area contributed by atoms with Crippen LogP contribution in [0.3, 0.4) is 0 Å². The fraction of sp³-hybridized carbons (Fsp3) is 0.167. The van der Waals surface area contributed by atoms with Crippen LogP contribution >= 0.6 is 0 Å². The zero-order valence-electron chi connectivity index (χ0n) is 12.0. The summed E-state index contributed by atoms with van der Waals surface area (Å²) >= 11 is 0. The summed E-state index contributed by atoms with van der Waals surface area (Å²) in [5, 5.41) is 0. The molecule has 0 fully saturated rings. The van der Waals surface area contributed by atoms with E-state index in [1.54, 1.807) is 6.92 Å². The van der Waals surface area contributed by atoms with E-state index < -0.39 is 0 Å². The summed E-state index contributed by atoms with van der Waals surface area (Å²) in [6, 6.07) is 20.6. The molecule has 0 atom stereocenters. The highest BCUT2D eigenvalue weighted by atomic mass is 16.5. The summed E-state index contributed by atoms with van der Waals surface area (Å²) in [6.45, 7) is 3.65. The third-order valence-electron chi connectivity index (χ3n) is 2.41. The molecule has 0 radical (unpaired) electrons. The zero-order valence-corrected chi connectivity index (χ0v) is 12.0. The molecule has 0 aromatic heterocycles. The average molecular weight is 268 g/mol. The Morgan fingerprint density at radius 1 is 0.900 bits per heavy atom. The number of carbonyl (C=O) groups is 1. The van der Waals surface area contributed by atoms with E-state index in [0.717, 1.165) is 0 Å². The normalized spacial score (nSPS) is 9.70. The first-order valence-electron chi connectivity index (χ1n) is 6.64. The molecule has 2 heteroatoms. The second kappa shape index (κ2) is 9.56. The molecular weight excluding hydrogens is 248 g/mol. The number of esters is 1. The molecule has 2 aromatic carbocycles. The van der Waals surface area contributed by atoms with E-state index in [4.69, 9.17) is 0 Å². The predicted molar refractivity (Wildman–Crippen MR) is 84.1 cm³/mol. The largest absolute Gasteiger partial charge is 0.466 e. The van der Waals surface area contributed by atoms with Crippen molar-refractivity contribution in [1.29, 1.82) is 0 Å². The van der Waals surface area contributed by atoms with Crippen LogP contribution in [0.15, 0.2) is 60.7 Å². The maximum absolute atomic E-state index is 9.82. The molecule has 0 aliphatic carbocycles. The van der Waals surface area contributed by atoms with E-state index in [1.807, 2.05) is 36.4 Å². The molecule has 0 amide bonds. The first-order valence-corrected chi connectivity index (χ1v) is 6.64. The summed E-state index contributed by atoms with van der Waals surface area (Å²) in [5.74, 6) is -0.211. The van der Waals surface area contributed by atoms with Crippen molar-refractivity contribution in [3.63, 3.8) is 0 Å². The first kappa shape index (κ1) is 15.7. The molecule has 20 heavy (non-hydrogen) atoms. The molecule has 2 aromatic rings. The molecule has 2 nitrogen and oxygen atoms in total. The second-order valence-electron chi connectivity index (χ2n) is 4.08. The van der Waals surface area contributed by atoms with Crippen LogP contribution in [0.5, 0.6) is 0 Å². The average Bonchev–Trinajstić information content (AvgIpc) is 2.48. The predicted octanol–water partition coefficient (Wildman–Crippen LogP) is 4.43. The van der Waals surface area contributed by atoms with Gasteiger partial charge in [-0.1, -0.05) is 72.8 Å². The molecule has 0 unspecified atom stereocenters. The summed E-state index contributed by atoms with van der Waals surface area (Å²) < 4.78 is 4.40. The molecule has 104 valence electrons. The number of rotatable bonds is 3. The van der Waals surface area contributed by atoms with Gasteiger partial charge in [0, 0.05) is 6.92 Å². The summed E-state index contributed by atoms with van der Waals surface area (Å²) in [5.41, 5.74) is 2.47. The van der Waals surface area contributed by atoms with Crippen molar-refractivity contribution in [2.24, 2.45) is 0 Å². The molecule has 2 rings (SSSR count). The number of carbonyl (C=O) groups excluding carboxylic acids is 1. The lowest BCUT2D eigenvalue weighted by Gasteiger charge is -1.92. The van der Waals surface area contributed by atoms with Crippen molar-refractivity contribution >= 4 is 18.1 Å². The van der Waals surface area contributed by atoms with Gasteiger partial charge in [0.25, 0.3) is 0 Å². The Hall–Kier alpha value is -2.35. The summed E-state index contributed by atoms with van der Waals surface area (Å²) in [4.78, 5) is 9.82. The molecule has 0 saturated carbocycles. The second-order valence-corrected chi connectivity index (χ2v) is 4.08. The van der Waals surface area contributed by atoms with Gasteiger partial charge >= 0.3 is 5.97 Å². The minimum absolute atomic E-state index is 0.211. The zero-order chi connectivity index (χ0) is 14.6. The van der Waals surface area contributed by atoms with E-state index in [-0.39, 0.29) is 5.97 Å². The van der Waals surface area contributed by atoms with Gasteiger partial charge in [0.1, 0.15) is 0 Å². The van der Waals surface area contributed by atoms with Crippen LogP contribution in [0.2, 0.25) is 0 Å². The van der Waals surface area contributed by atoms with Gasteiger partial charge in [0.05, 0.1) is 6.61 Å². The van der Waals surface area contributed by atoms with Gasteiger partial charge in [-0.2, -0.15) is 0 Å². The van der Waals surface area contributed by atoms with Gasteiger partial charge in [-0.3, -0.25) is 4.79 Å². The van der Waals surface area contributed by atoms with Crippen LogP contribution in [-0.2, 0) is 9.53 Å². The Labute approximate surface area is 120 Å². The number of ether oxygens (including phenoxy) is 1. The lowest BCUT2D eigenvalue weighted by molar-refractivity contribution is -0.140.